The first-order valence-corrected chi connectivity index (χ1v) is 12.4. The van der Waals surface area contributed by atoms with Gasteiger partial charge >= 0.3 is 0 Å². The Labute approximate surface area is 205 Å². The summed E-state index contributed by atoms with van der Waals surface area (Å²) in [4.78, 5) is 44.2. The van der Waals surface area contributed by atoms with Crippen LogP contribution in [-0.4, -0.2) is 66.8 Å². The predicted molar refractivity (Wildman–Crippen MR) is 134 cm³/mol. The number of piperidine rings is 1. The van der Waals surface area contributed by atoms with E-state index in [9.17, 15) is 18.8 Å². The first-order chi connectivity index (χ1) is 16.8. The van der Waals surface area contributed by atoms with Crippen molar-refractivity contribution >= 4 is 29.1 Å². The monoisotopic (exact) mass is 480 g/mol. The Morgan fingerprint density at radius 2 is 1.43 bits per heavy atom. The van der Waals surface area contributed by atoms with Gasteiger partial charge in [0.05, 0.1) is 11.1 Å². The smallest absolute Gasteiger partial charge is 0.256 e. The van der Waals surface area contributed by atoms with Crippen molar-refractivity contribution in [1.82, 2.24) is 9.80 Å². The number of carbonyl (C=O) groups excluding carboxylic acids is 3. The topological polar surface area (TPSA) is 73.0 Å². The number of piperazine rings is 1. The van der Waals surface area contributed by atoms with Gasteiger partial charge in [0.2, 0.25) is 5.91 Å². The molecule has 0 aliphatic carbocycles. The predicted octanol–water partition coefficient (Wildman–Crippen LogP) is 4.01. The minimum Gasteiger partial charge on any atom is -0.367 e. The summed E-state index contributed by atoms with van der Waals surface area (Å²) in [7, 11) is 0. The van der Waals surface area contributed by atoms with E-state index in [1.165, 1.54) is 12.1 Å². The molecule has 2 fully saturated rings. The highest BCUT2D eigenvalue weighted by Crippen LogP contribution is 2.28. The molecule has 0 aromatic heterocycles. The van der Waals surface area contributed by atoms with Crippen LogP contribution in [0.25, 0.3) is 0 Å². The van der Waals surface area contributed by atoms with Crippen LogP contribution in [-0.2, 0) is 4.79 Å². The lowest BCUT2D eigenvalue weighted by molar-refractivity contribution is -0.118. The second-order valence-electron chi connectivity index (χ2n) is 9.49. The number of benzene rings is 2. The first kappa shape index (κ1) is 24.7. The van der Waals surface area contributed by atoms with Crippen LogP contribution >= 0.6 is 0 Å². The summed E-state index contributed by atoms with van der Waals surface area (Å²) >= 11 is 0. The second kappa shape index (κ2) is 10.9. The van der Waals surface area contributed by atoms with E-state index in [1.54, 1.807) is 23.1 Å². The average molecular weight is 481 g/mol. The van der Waals surface area contributed by atoms with Crippen LogP contribution < -0.4 is 10.2 Å². The van der Waals surface area contributed by atoms with Crippen molar-refractivity contribution in [3.05, 3.63) is 59.4 Å². The van der Waals surface area contributed by atoms with Gasteiger partial charge in [-0.25, -0.2) is 4.39 Å². The van der Waals surface area contributed by atoms with E-state index in [0.717, 1.165) is 38.0 Å². The van der Waals surface area contributed by atoms with E-state index in [2.05, 4.69) is 10.2 Å². The van der Waals surface area contributed by atoms with Gasteiger partial charge in [-0.1, -0.05) is 26.0 Å². The summed E-state index contributed by atoms with van der Waals surface area (Å²) in [5.41, 5.74) is 2.02. The lowest BCUT2D eigenvalue weighted by Gasteiger charge is -2.37. The zero-order chi connectivity index (χ0) is 24.9. The summed E-state index contributed by atoms with van der Waals surface area (Å²) in [6, 6.07) is 11.5. The summed E-state index contributed by atoms with van der Waals surface area (Å²) in [6.07, 6.45) is 3.10. The molecule has 2 aliphatic heterocycles. The number of rotatable bonds is 5. The Hall–Kier alpha value is -3.42. The number of nitrogens with one attached hydrogen (secondary N) is 1. The second-order valence-corrected chi connectivity index (χ2v) is 9.49. The van der Waals surface area contributed by atoms with E-state index in [1.807, 2.05) is 30.9 Å². The molecule has 2 aromatic rings. The van der Waals surface area contributed by atoms with Crippen LogP contribution in [0.5, 0.6) is 0 Å². The number of halogens is 1. The van der Waals surface area contributed by atoms with Crippen LogP contribution in [0.4, 0.5) is 15.8 Å². The molecule has 2 aromatic carbocycles. The van der Waals surface area contributed by atoms with Gasteiger partial charge in [-0.05, 0) is 49.6 Å². The molecule has 0 atom stereocenters. The summed E-state index contributed by atoms with van der Waals surface area (Å²) < 4.78 is 14.1. The number of likely N-dealkylation sites (tertiary alicyclic amines) is 1. The van der Waals surface area contributed by atoms with Gasteiger partial charge in [0.1, 0.15) is 5.82 Å². The number of anilines is 2. The maximum atomic E-state index is 14.1. The van der Waals surface area contributed by atoms with Gasteiger partial charge in [0.15, 0.2) is 0 Å². The van der Waals surface area contributed by atoms with E-state index in [0.29, 0.717) is 37.4 Å². The number of hydrogen-bond acceptors (Lipinski definition) is 4. The molecule has 2 heterocycles. The van der Waals surface area contributed by atoms with Crippen LogP contribution in [0.15, 0.2) is 42.5 Å². The molecule has 0 bridgehead atoms. The van der Waals surface area contributed by atoms with Crippen LogP contribution in [0.2, 0.25) is 0 Å². The molecule has 3 amide bonds. The molecule has 35 heavy (non-hydrogen) atoms. The molecular weight excluding hydrogens is 447 g/mol. The molecule has 2 saturated heterocycles. The van der Waals surface area contributed by atoms with E-state index in [-0.39, 0.29) is 29.2 Å². The van der Waals surface area contributed by atoms with Gasteiger partial charge in [-0.3, -0.25) is 14.4 Å². The molecule has 8 heteroatoms. The normalized spacial score (nSPS) is 16.4. The quantitative estimate of drug-likeness (QED) is 0.702. The first-order valence-electron chi connectivity index (χ1n) is 12.4. The fourth-order valence-corrected chi connectivity index (χ4v) is 4.57. The van der Waals surface area contributed by atoms with E-state index < -0.39 is 5.82 Å². The zero-order valence-electron chi connectivity index (χ0n) is 20.4. The maximum Gasteiger partial charge on any atom is 0.256 e. The third kappa shape index (κ3) is 5.63. The molecule has 0 unspecified atom stereocenters. The van der Waals surface area contributed by atoms with Gasteiger partial charge < -0.3 is 20.0 Å². The number of amides is 3. The summed E-state index contributed by atoms with van der Waals surface area (Å²) in [6.45, 7) is 7.01. The Kier molecular flexibility index (Phi) is 7.68. The highest BCUT2D eigenvalue weighted by Gasteiger charge is 2.28. The molecule has 0 radical (unpaired) electrons. The minimum absolute atomic E-state index is 0.0368. The third-order valence-electron chi connectivity index (χ3n) is 6.67. The Balaban J connectivity index is 1.54. The Morgan fingerprint density at radius 3 is 2.09 bits per heavy atom. The molecule has 1 N–H and O–H groups in total. The van der Waals surface area contributed by atoms with Crippen molar-refractivity contribution < 1.29 is 18.8 Å². The maximum absolute atomic E-state index is 14.1. The third-order valence-corrected chi connectivity index (χ3v) is 6.67. The highest BCUT2D eigenvalue weighted by molar-refractivity contribution is 6.02. The number of hydrogen-bond donors (Lipinski definition) is 1. The highest BCUT2D eigenvalue weighted by atomic mass is 19.1. The molecular formula is C27H33FN4O3. The zero-order valence-corrected chi connectivity index (χ0v) is 20.4. The summed E-state index contributed by atoms with van der Waals surface area (Å²) in [5, 5.41) is 2.90. The molecule has 0 spiro atoms. The fraction of sp³-hybridized carbons (Fsp3) is 0.444. The van der Waals surface area contributed by atoms with Gasteiger partial charge in [0.25, 0.3) is 11.8 Å². The average Bonchev–Trinajstić information content (AvgIpc) is 2.88. The molecule has 0 saturated carbocycles. The van der Waals surface area contributed by atoms with Crippen LogP contribution in [0, 0.1) is 11.7 Å². The minimum atomic E-state index is -0.520. The SMILES string of the molecule is CC(C)C(=O)Nc1ccc(N2CCN(C(=O)c3ccccc3F)CC2)c(C(=O)N2CCCCC2)c1. The lowest BCUT2D eigenvalue weighted by atomic mass is 10.0. The molecule has 2 aliphatic rings. The fourth-order valence-electron chi connectivity index (χ4n) is 4.57. The van der Waals surface area contributed by atoms with Gasteiger partial charge in [-0.15, -0.1) is 0 Å². The molecule has 4 rings (SSSR count). The van der Waals surface area contributed by atoms with Crippen molar-refractivity contribution in [3.8, 4) is 0 Å². The molecule has 186 valence electrons. The Bertz CT molecular complexity index is 1090. The largest absolute Gasteiger partial charge is 0.367 e. The lowest BCUT2D eigenvalue weighted by Crippen LogP contribution is -2.49. The van der Waals surface area contributed by atoms with Crippen molar-refractivity contribution in [2.24, 2.45) is 5.92 Å². The number of carbonyl (C=O) groups is 3. The van der Waals surface area contributed by atoms with Gasteiger partial charge in [0, 0.05) is 56.6 Å². The van der Waals surface area contributed by atoms with Crippen molar-refractivity contribution in [1.29, 1.82) is 0 Å². The van der Waals surface area contributed by atoms with E-state index in [4.69, 9.17) is 0 Å². The summed E-state index contributed by atoms with van der Waals surface area (Å²) in [5.74, 6) is -1.15. The van der Waals surface area contributed by atoms with E-state index >= 15 is 0 Å². The van der Waals surface area contributed by atoms with Crippen molar-refractivity contribution in [2.75, 3.05) is 49.5 Å². The van der Waals surface area contributed by atoms with Crippen molar-refractivity contribution in [2.45, 2.75) is 33.1 Å². The van der Waals surface area contributed by atoms with Crippen LogP contribution in [0.1, 0.15) is 53.8 Å². The van der Waals surface area contributed by atoms with Crippen LogP contribution in [0.3, 0.4) is 0 Å². The number of nitrogens with zero attached hydrogens (tertiary/aromatic N) is 3. The standard InChI is InChI=1S/C27H33FN4O3/c1-19(2)25(33)29-20-10-11-24(22(18-20)27(35)31-12-6-3-7-13-31)30-14-16-32(17-15-30)26(34)21-8-4-5-9-23(21)28/h4-5,8-11,18-19H,3,6-7,12-17H2,1-2H3,(H,29,33). The van der Waals surface area contributed by atoms with Crippen molar-refractivity contribution in [3.63, 3.8) is 0 Å². The van der Waals surface area contributed by atoms with Gasteiger partial charge in [-0.2, -0.15) is 0 Å². The molecule has 7 nitrogen and oxygen atoms in total. The Morgan fingerprint density at radius 1 is 0.800 bits per heavy atom.